The first-order chi connectivity index (χ1) is 9.51. The van der Waals surface area contributed by atoms with Crippen LogP contribution in [0.3, 0.4) is 0 Å². The molecule has 0 radical (unpaired) electrons. The number of aliphatic hydroxyl groups excluding tert-OH is 1. The predicted octanol–water partition coefficient (Wildman–Crippen LogP) is 4.41. The number of benzene rings is 2. The van der Waals surface area contributed by atoms with Crippen LogP contribution in [0.2, 0.25) is 5.02 Å². The summed E-state index contributed by atoms with van der Waals surface area (Å²) >= 11 is 5.99. The van der Waals surface area contributed by atoms with Gasteiger partial charge in [0, 0.05) is 10.7 Å². The number of anilines is 1. The van der Waals surface area contributed by atoms with Crippen molar-refractivity contribution in [3.8, 4) is 0 Å². The minimum Gasteiger partial charge on any atom is -0.394 e. The van der Waals surface area contributed by atoms with Crippen LogP contribution in [0.1, 0.15) is 28.3 Å². The maximum Gasteiger partial charge on any atom is 0.0747 e. The number of halogens is 1. The molecule has 2 N–H and O–H groups in total. The average molecular weight is 290 g/mol. The quantitative estimate of drug-likeness (QED) is 0.874. The number of aliphatic hydroxyl groups is 1. The van der Waals surface area contributed by atoms with E-state index in [-0.39, 0.29) is 12.6 Å². The molecule has 0 heterocycles. The molecule has 3 heteroatoms. The van der Waals surface area contributed by atoms with Crippen molar-refractivity contribution >= 4 is 17.3 Å². The molecular formula is C17H20ClNO. The molecule has 0 aliphatic rings. The van der Waals surface area contributed by atoms with Gasteiger partial charge in [0.25, 0.3) is 0 Å². The van der Waals surface area contributed by atoms with Crippen LogP contribution in [0.25, 0.3) is 0 Å². The first-order valence-electron chi connectivity index (χ1n) is 6.72. The molecule has 0 saturated carbocycles. The number of hydrogen-bond acceptors (Lipinski definition) is 2. The topological polar surface area (TPSA) is 32.3 Å². The fourth-order valence-corrected chi connectivity index (χ4v) is 2.55. The van der Waals surface area contributed by atoms with E-state index < -0.39 is 0 Å². The van der Waals surface area contributed by atoms with E-state index in [0.717, 1.165) is 11.3 Å². The summed E-state index contributed by atoms with van der Waals surface area (Å²) in [4.78, 5) is 0. The molecule has 0 aliphatic carbocycles. The van der Waals surface area contributed by atoms with E-state index in [4.69, 9.17) is 11.6 Å². The van der Waals surface area contributed by atoms with Crippen LogP contribution in [-0.4, -0.2) is 11.7 Å². The molecule has 2 aromatic rings. The Bertz CT molecular complexity index is 610. The highest BCUT2D eigenvalue weighted by Crippen LogP contribution is 2.26. The van der Waals surface area contributed by atoms with Gasteiger partial charge in [-0.15, -0.1) is 0 Å². The van der Waals surface area contributed by atoms with Gasteiger partial charge in [-0.05, 0) is 61.2 Å². The summed E-state index contributed by atoms with van der Waals surface area (Å²) in [5, 5.41) is 13.7. The van der Waals surface area contributed by atoms with Crippen LogP contribution >= 0.6 is 11.6 Å². The molecular weight excluding hydrogens is 270 g/mol. The van der Waals surface area contributed by atoms with Crippen LogP contribution < -0.4 is 5.32 Å². The van der Waals surface area contributed by atoms with Gasteiger partial charge in [0.1, 0.15) is 0 Å². The molecule has 0 bridgehead atoms. The fourth-order valence-electron chi connectivity index (χ4n) is 2.36. The molecule has 1 atom stereocenters. The van der Waals surface area contributed by atoms with Crippen molar-refractivity contribution < 1.29 is 5.11 Å². The van der Waals surface area contributed by atoms with Gasteiger partial charge in [0.15, 0.2) is 0 Å². The first kappa shape index (κ1) is 14.9. The second kappa shape index (κ2) is 6.29. The Morgan fingerprint density at radius 1 is 1.05 bits per heavy atom. The molecule has 0 fully saturated rings. The SMILES string of the molecule is Cc1cc(C)c(C(CO)Nc2cccc(Cl)c2)cc1C. The van der Waals surface area contributed by atoms with E-state index in [1.807, 2.05) is 24.3 Å². The zero-order valence-electron chi connectivity index (χ0n) is 12.1. The molecule has 0 spiro atoms. The predicted molar refractivity (Wildman–Crippen MR) is 85.6 cm³/mol. The van der Waals surface area contributed by atoms with Crippen molar-refractivity contribution in [3.05, 3.63) is 63.7 Å². The second-order valence-corrected chi connectivity index (χ2v) is 5.62. The van der Waals surface area contributed by atoms with Gasteiger partial charge in [-0.3, -0.25) is 0 Å². The van der Waals surface area contributed by atoms with Crippen molar-refractivity contribution in [3.63, 3.8) is 0 Å². The Balaban J connectivity index is 2.31. The molecule has 2 rings (SSSR count). The summed E-state index contributed by atoms with van der Waals surface area (Å²) in [6, 6.07) is 11.7. The monoisotopic (exact) mass is 289 g/mol. The van der Waals surface area contributed by atoms with Gasteiger partial charge < -0.3 is 10.4 Å². The lowest BCUT2D eigenvalue weighted by Gasteiger charge is -2.21. The smallest absolute Gasteiger partial charge is 0.0747 e. The largest absolute Gasteiger partial charge is 0.394 e. The minimum atomic E-state index is -0.132. The van der Waals surface area contributed by atoms with Gasteiger partial charge in [0.05, 0.1) is 12.6 Å². The molecule has 1 unspecified atom stereocenters. The van der Waals surface area contributed by atoms with Gasteiger partial charge in [-0.2, -0.15) is 0 Å². The number of rotatable bonds is 4. The van der Waals surface area contributed by atoms with Crippen LogP contribution in [0.5, 0.6) is 0 Å². The number of nitrogens with one attached hydrogen (secondary N) is 1. The van der Waals surface area contributed by atoms with Crippen molar-refractivity contribution in [1.82, 2.24) is 0 Å². The molecule has 0 aromatic heterocycles. The van der Waals surface area contributed by atoms with Crippen LogP contribution in [0.15, 0.2) is 36.4 Å². The standard InChI is InChI=1S/C17H20ClNO/c1-11-7-13(3)16(8-12(11)2)17(10-20)19-15-6-4-5-14(18)9-15/h4-9,17,19-20H,10H2,1-3H3. The maximum absolute atomic E-state index is 9.70. The van der Waals surface area contributed by atoms with Crippen LogP contribution in [0.4, 0.5) is 5.69 Å². The van der Waals surface area contributed by atoms with Crippen molar-refractivity contribution in [2.75, 3.05) is 11.9 Å². The van der Waals surface area contributed by atoms with Crippen LogP contribution in [-0.2, 0) is 0 Å². The second-order valence-electron chi connectivity index (χ2n) is 5.18. The molecule has 106 valence electrons. The lowest BCUT2D eigenvalue weighted by Crippen LogP contribution is -2.16. The summed E-state index contributed by atoms with van der Waals surface area (Å²) in [5.41, 5.74) is 5.72. The van der Waals surface area contributed by atoms with Crippen LogP contribution in [0, 0.1) is 20.8 Å². The van der Waals surface area contributed by atoms with Gasteiger partial charge in [-0.25, -0.2) is 0 Å². The van der Waals surface area contributed by atoms with E-state index >= 15 is 0 Å². The Hall–Kier alpha value is -1.51. The highest BCUT2D eigenvalue weighted by Gasteiger charge is 2.14. The van der Waals surface area contributed by atoms with Gasteiger partial charge >= 0.3 is 0 Å². The van der Waals surface area contributed by atoms with E-state index in [9.17, 15) is 5.11 Å². The molecule has 20 heavy (non-hydrogen) atoms. The zero-order chi connectivity index (χ0) is 14.7. The lowest BCUT2D eigenvalue weighted by molar-refractivity contribution is 0.276. The molecule has 2 aromatic carbocycles. The Kier molecular flexibility index (Phi) is 4.69. The van der Waals surface area contributed by atoms with E-state index in [0.29, 0.717) is 5.02 Å². The van der Waals surface area contributed by atoms with E-state index in [1.54, 1.807) is 0 Å². The Morgan fingerprint density at radius 3 is 2.40 bits per heavy atom. The normalized spacial score (nSPS) is 12.2. The third-order valence-corrected chi connectivity index (χ3v) is 3.84. The van der Waals surface area contributed by atoms with E-state index in [1.165, 1.54) is 16.7 Å². The Morgan fingerprint density at radius 2 is 1.75 bits per heavy atom. The number of hydrogen-bond donors (Lipinski definition) is 2. The number of aryl methyl sites for hydroxylation is 3. The van der Waals surface area contributed by atoms with E-state index in [2.05, 4.69) is 38.2 Å². The molecule has 0 aliphatic heterocycles. The lowest BCUT2D eigenvalue weighted by atomic mass is 9.96. The maximum atomic E-state index is 9.70. The van der Waals surface area contributed by atoms with Crippen molar-refractivity contribution in [2.45, 2.75) is 26.8 Å². The first-order valence-corrected chi connectivity index (χ1v) is 7.09. The summed E-state index contributed by atoms with van der Waals surface area (Å²) in [6.45, 7) is 6.30. The third-order valence-electron chi connectivity index (χ3n) is 3.61. The van der Waals surface area contributed by atoms with Crippen molar-refractivity contribution in [1.29, 1.82) is 0 Å². The molecule has 2 nitrogen and oxygen atoms in total. The highest BCUT2D eigenvalue weighted by atomic mass is 35.5. The fraction of sp³-hybridized carbons (Fsp3) is 0.294. The van der Waals surface area contributed by atoms with Crippen molar-refractivity contribution in [2.24, 2.45) is 0 Å². The third kappa shape index (κ3) is 3.33. The highest BCUT2D eigenvalue weighted by molar-refractivity contribution is 6.30. The summed E-state index contributed by atoms with van der Waals surface area (Å²) in [7, 11) is 0. The summed E-state index contributed by atoms with van der Waals surface area (Å²) < 4.78 is 0. The summed E-state index contributed by atoms with van der Waals surface area (Å²) in [6.07, 6.45) is 0. The summed E-state index contributed by atoms with van der Waals surface area (Å²) in [5.74, 6) is 0. The minimum absolute atomic E-state index is 0.0376. The zero-order valence-corrected chi connectivity index (χ0v) is 12.8. The van der Waals surface area contributed by atoms with Gasteiger partial charge in [-0.1, -0.05) is 29.8 Å². The molecule has 0 saturated heterocycles. The Labute approximate surface area is 125 Å². The average Bonchev–Trinajstić information content (AvgIpc) is 2.40. The van der Waals surface area contributed by atoms with Gasteiger partial charge in [0.2, 0.25) is 0 Å². The molecule has 0 amide bonds.